The van der Waals surface area contributed by atoms with Gasteiger partial charge >= 0.3 is 0 Å². The van der Waals surface area contributed by atoms with Gasteiger partial charge in [-0.3, -0.25) is 4.57 Å². The van der Waals surface area contributed by atoms with Gasteiger partial charge in [0.2, 0.25) is 0 Å². The fourth-order valence-electron chi connectivity index (χ4n) is 2.85. The zero-order valence-corrected chi connectivity index (χ0v) is 12.7. The Balaban J connectivity index is 1.76. The minimum absolute atomic E-state index is 0.801. The standard InChI is InChI=1S/C16H22N4O/c1-3-21-11-7-6-10-19-12-16-18-17-13(2)20(16)15-9-5-4-8-14(15)19/h4-5,8-9H,3,6-7,10-12H2,1-2H3. The smallest absolute Gasteiger partial charge is 0.157 e. The lowest BCUT2D eigenvalue weighted by molar-refractivity contribution is 0.144. The summed E-state index contributed by atoms with van der Waals surface area (Å²) >= 11 is 0. The molecule has 0 bridgehead atoms. The third-order valence-electron chi connectivity index (χ3n) is 3.86. The molecule has 2 aromatic rings. The molecule has 1 aliphatic rings. The molecule has 2 heterocycles. The summed E-state index contributed by atoms with van der Waals surface area (Å²) in [6, 6.07) is 8.49. The number of hydrogen-bond acceptors (Lipinski definition) is 4. The minimum Gasteiger partial charge on any atom is -0.382 e. The van der Waals surface area contributed by atoms with E-state index in [1.165, 1.54) is 11.4 Å². The molecular formula is C16H22N4O. The third-order valence-corrected chi connectivity index (χ3v) is 3.86. The molecule has 1 aromatic carbocycles. The van der Waals surface area contributed by atoms with Gasteiger partial charge in [0.15, 0.2) is 5.82 Å². The Hall–Kier alpha value is -1.88. The molecule has 0 unspecified atom stereocenters. The van der Waals surface area contributed by atoms with Gasteiger partial charge in [0.25, 0.3) is 0 Å². The zero-order chi connectivity index (χ0) is 14.7. The molecule has 0 aliphatic carbocycles. The maximum Gasteiger partial charge on any atom is 0.157 e. The second-order valence-corrected chi connectivity index (χ2v) is 5.31. The van der Waals surface area contributed by atoms with Gasteiger partial charge < -0.3 is 9.64 Å². The van der Waals surface area contributed by atoms with E-state index in [9.17, 15) is 0 Å². The highest BCUT2D eigenvalue weighted by molar-refractivity contribution is 5.65. The van der Waals surface area contributed by atoms with Crippen molar-refractivity contribution in [1.82, 2.24) is 14.8 Å². The van der Waals surface area contributed by atoms with Crippen LogP contribution in [-0.4, -0.2) is 34.5 Å². The first-order valence-electron chi connectivity index (χ1n) is 7.64. The summed E-state index contributed by atoms with van der Waals surface area (Å²) < 4.78 is 7.57. The lowest BCUT2D eigenvalue weighted by Crippen LogP contribution is -2.31. The molecule has 5 nitrogen and oxygen atoms in total. The highest BCUT2D eigenvalue weighted by atomic mass is 16.5. The Bertz CT molecular complexity index is 608. The predicted octanol–water partition coefficient (Wildman–Crippen LogP) is 2.71. The van der Waals surface area contributed by atoms with Crippen molar-refractivity contribution in [3.63, 3.8) is 0 Å². The Morgan fingerprint density at radius 1 is 1.14 bits per heavy atom. The van der Waals surface area contributed by atoms with Crippen molar-refractivity contribution in [1.29, 1.82) is 0 Å². The summed E-state index contributed by atoms with van der Waals surface area (Å²) in [5.74, 6) is 1.98. The van der Waals surface area contributed by atoms with Gasteiger partial charge in [-0.15, -0.1) is 10.2 Å². The van der Waals surface area contributed by atoms with Crippen LogP contribution in [0.4, 0.5) is 5.69 Å². The second kappa shape index (κ2) is 6.26. The third kappa shape index (κ3) is 2.78. The molecule has 0 amide bonds. The number of nitrogens with zero attached hydrogens (tertiary/aromatic N) is 4. The topological polar surface area (TPSA) is 43.2 Å². The molecule has 0 saturated heterocycles. The van der Waals surface area contributed by atoms with Crippen molar-refractivity contribution in [2.75, 3.05) is 24.7 Å². The van der Waals surface area contributed by atoms with E-state index in [0.717, 1.165) is 50.8 Å². The maximum absolute atomic E-state index is 5.41. The highest BCUT2D eigenvalue weighted by Crippen LogP contribution is 2.31. The number of anilines is 1. The minimum atomic E-state index is 0.801. The number of unbranched alkanes of at least 4 members (excludes halogenated alkanes) is 1. The number of benzene rings is 1. The first-order valence-corrected chi connectivity index (χ1v) is 7.64. The fourth-order valence-corrected chi connectivity index (χ4v) is 2.85. The van der Waals surface area contributed by atoms with Crippen LogP contribution in [0.1, 0.15) is 31.4 Å². The van der Waals surface area contributed by atoms with Gasteiger partial charge in [0.05, 0.1) is 17.9 Å². The van der Waals surface area contributed by atoms with Crippen LogP contribution in [0.25, 0.3) is 5.69 Å². The molecule has 21 heavy (non-hydrogen) atoms. The van der Waals surface area contributed by atoms with Crippen molar-refractivity contribution in [3.05, 3.63) is 35.9 Å². The van der Waals surface area contributed by atoms with E-state index in [1.807, 2.05) is 13.8 Å². The number of fused-ring (bicyclic) bond motifs is 3. The Morgan fingerprint density at radius 3 is 2.76 bits per heavy atom. The van der Waals surface area contributed by atoms with E-state index in [1.54, 1.807) is 0 Å². The monoisotopic (exact) mass is 286 g/mol. The van der Waals surface area contributed by atoms with Crippen LogP contribution in [0, 0.1) is 6.92 Å². The summed E-state index contributed by atoms with van der Waals surface area (Å²) in [6.45, 7) is 7.54. The predicted molar refractivity (Wildman–Crippen MR) is 82.9 cm³/mol. The van der Waals surface area contributed by atoms with Gasteiger partial charge in [-0.25, -0.2) is 0 Å². The number of aryl methyl sites for hydroxylation is 1. The number of rotatable bonds is 6. The van der Waals surface area contributed by atoms with E-state index >= 15 is 0 Å². The van der Waals surface area contributed by atoms with E-state index in [-0.39, 0.29) is 0 Å². The van der Waals surface area contributed by atoms with E-state index < -0.39 is 0 Å². The molecule has 0 saturated carbocycles. The molecule has 5 heteroatoms. The van der Waals surface area contributed by atoms with Gasteiger partial charge in [0.1, 0.15) is 5.82 Å². The summed E-state index contributed by atoms with van der Waals surface area (Å²) in [7, 11) is 0. The van der Waals surface area contributed by atoms with Crippen LogP contribution in [-0.2, 0) is 11.3 Å². The van der Waals surface area contributed by atoms with Crippen molar-refractivity contribution >= 4 is 5.69 Å². The molecule has 1 aliphatic heterocycles. The number of aromatic nitrogens is 3. The maximum atomic E-state index is 5.41. The van der Waals surface area contributed by atoms with Crippen molar-refractivity contribution in [3.8, 4) is 5.69 Å². The molecule has 1 aromatic heterocycles. The molecule has 3 rings (SSSR count). The van der Waals surface area contributed by atoms with Gasteiger partial charge in [0, 0.05) is 19.8 Å². The second-order valence-electron chi connectivity index (χ2n) is 5.31. The van der Waals surface area contributed by atoms with Crippen LogP contribution in [0.5, 0.6) is 0 Å². The SMILES string of the molecule is CCOCCCCN1Cc2nnc(C)n2-c2ccccc21. The van der Waals surface area contributed by atoms with Crippen LogP contribution in [0.3, 0.4) is 0 Å². The van der Waals surface area contributed by atoms with Crippen LogP contribution < -0.4 is 4.90 Å². The molecular weight excluding hydrogens is 264 g/mol. The Labute approximate surface area is 125 Å². The van der Waals surface area contributed by atoms with Crippen molar-refractivity contribution in [2.24, 2.45) is 0 Å². The molecule has 0 atom stereocenters. The van der Waals surface area contributed by atoms with E-state index in [2.05, 4.69) is 43.9 Å². The van der Waals surface area contributed by atoms with Gasteiger partial charge in [-0.2, -0.15) is 0 Å². The lowest BCUT2D eigenvalue weighted by Gasteiger charge is -2.31. The molecule has 0 fully saturated rings. The first kappa shape index (κ1) is 14.1. The van der Waals surface area contributed by atoms with E-state index in [4.69, 9.17) is 4.74 Å². The number of ether oxygens (including phenoxy) is 1. The normalized spacial score (nSPS) is 13.1. The molecule has 0 spiro atoms. The largest absolute Gasteiger partial charge is 0.382 e. The van der Waals surface area contributed by atoms with Gasteiger partial charge in [-0.1, -0.05) is 12.1 Å². The van der Waals surface area contributed by atoms with Crippen LogP contribution in [0.15, 0.2) is 24.3 Å². The van der Waals surface area contributed by atoms with Gasteiger partial charge in [-0.05, 0) is 38.8 Å². The summed E-state index contributed by atoms with van der Waals surface area (Å²) in [5.41, 5.74) is 2.45. The number of para-hydroxylation sites is 2. The lowest BCUT2D eigenvalue weighted by atomic mass is 10.1. The summed E-state index contributed by atoms with van der Waals surface area (Å²) in [4.78, 5) is 2.39. The average molecular weight is 286 g/mol. The van der Waals surface area contributed by atoms with Crippen molar-refractivity contribution in [2.45, 2.75) is 33.2 Å². The van der Waals surface area contributed by atoms with Crippen molar-refractivity contribution < 1.29 is 4.74 Å². The molecule has 112 valence electrons. The first-order chi connectivity index (χ1) is 10.3. The highest BCUT2D eigenvalue weighted by Gasteiger charge is 2.24. The number of hydrogen-bond donors (Lipinski definition) is 0. The quantitative estimate of drug-likeness (QED) is 0.766. The fraction of sp³-hybridized carbons (Fsp3) is 0.500. The average Bonchev–Trinajstić information content (AvgIpc) is 2.88. The van der Waals surface area contributed by atoms with Crippen LogP contribution >= 0.6 is 0 Å². The van der Waals surface area contributed by atoms with Crippen LogP contribution in [0.2, 0.25) is 0 Å². The summed E-state index contributed by atoms with van der Waals surface area (Å²) in [6.07, 6.45) is 2.22. The molecule has 0 N–H and O–H groups in total. The zero-order valence-electron chi connectivity index (χ0n) is 12.7. The summed E-state index contributed by atoms with van der Waals surface area (Å²) in [5, 5.41) is 8.53. The Morgan fingerprint density at radius 2 is 1.95 bits per heavy atom. The van der Waals surface area contributed by atoms with E-state index in [0.29, 0.717) is 0 Å². The Kier molecular flexibility index (Phi) is 4.20. The molecule has 0 radical (unpaired) electrons.